The first kappa shape index (κ1) is 24.4. The van der Waals surface area contributed by atoms with Gasteiger partial charge in [-0.2, -0.15) is 0 Å². The van der Waals surface area contributed by atoms with Crippen LogP contribution < -0.4 is 0 Å². The number of hydrogen-bond donors (Lipinski definition) is 2. The summed E-state index contributed by atoms with van der Waals surface area (Å²) >= 11 is 0. The van der Waals surface area contributed by atoms with E-state index < -0.39 is 12.2 Å². The van der Waals surface area contributed by atoms with E-state index in [0.717, 1.165) is 32.1 Å². The molecular weight excluding hydrogens is 400 g/mol. The van der Waals surface area contributed by atoms with Crippen molar-refractivity contribution in [2.45, 2.75) is 105 Å². The molecule has 182 valence electrons. The van der Waals surface area contributed by atoms with Gasteiger partial charge in [0, 0.05) is 25.2 Å². The van der Waals surface area contributed by atoms with Gasteiger partial charge in [0.2, 0.25) is 0 Å². The normalized spacial score (nSPS) is 45.6. The summed E-state index contributed by atoms with van der Waals surface area (Å²) in [4.78, 5) is 25.4. The van der Waals surface area contributed by atoms with Gasteiger partial charge < -0.3 is 10.2 Å². The second-order valence-corrected chi connectivity index (χ2v) is 13.0. The summed E-state index contributed by atoms with van der Waals surface area (Å²) in [5.74, 6) is 2.86. The first-order valence-corrected chi connectivity index (χ1v) is 13.3. The molecule has 0 aromatic carbocycles. The third-order valence-corrected chi connectivity index (χ3v) is 11.5. The van der Waals surface area contributed by atoms with Crippen molar-refractivity contribution in [3.63, 3.8) is 0 Å². The topological polar surface area (TPSA) is 74.6 Å². The molecule has 0 aromatic heterocycles. The van der Waals surface area contributed by atoms with Gasteiger partial charge in [0.25, 0.3) is 0 Å². The highest BCUT2D eigenvalue weighted by atomic mass is 16.3. The van der Waals surface area contributed by atoms with Crippen molar-refractivity contribution in [2.24, 2.45) is 58.2 Å². The first-order valence-electron chi connectivity index (χ1n) is 13.3. The number of carbonyl (C=O) groups is 2. The van der Waals surface area contributed by atoms with E-state index in [-0.39, 0.29) is 34.4 Å². The van der Waals surface area contributed by atoms with Crippen molar-refractivity contribution < 1.29 is 19.8 Å². The van der Waals surface area contributed by atoms with Crippen LogP contribution in [0.2, 0.25) is 0 Å². The summed E-state index contributed by atoms with van der Waals surface area (Å²) in [5, 5.41) is 22.0. The molecule has 0 amide bonds. The lowest BCUT2D eigenvalue weighted by molar-refractivity contribution is -0.160. The zero-order valence-corrected chi connectivity index (χ0v) is 21.1. The zero-order chi connectivity index (χ0) is 23.6. The maximum atomic E-state index is 13.3. The zero-order valence-electron chi connectivity index (χ0n) is 21.1. The summed E-state index contributed by atoms with van der Waals surface area (Å²) in [6, 6.07) is 0. The Morgan fingerprint density at radius 2 is 1.50 bits per heavy atom. The molecule has 4 rings (SSSR count). The smallest absolute Gasteiger partial charge is 0.137 e. The molecule has 4 aliphatic rings. The van der Waals surface area contributed by atoms with Crippen molar-refractivity contribution >= 4 is 11.6 Å². The van der Waals surface area contributed by atoms with E-state index in [0.29, 0.717) is 54.6 Å². The van der Waals surface area contributed by atoms with Gasteiger partial charge in [0.15, 0.2) is 0 Å². The lowest BCUT2D eigenvalue weighted by Gasteiger charge is -2.60. The van der Waals surface area contributed by atoms with Gasteiger partial charge in [-0.3, -0.25) is 9.59 Å². The molecule has 4 nitrogen and oxygen atoms in total. The minimum atomic E-state index is -0.704. The van der Waals surface area contributed by atoms with Crippen molar-refractivity contribution in [3.05, 3.63) is 0 Å². The molecule has 4 fully saturated rings. The Morgan fingerprint density at radius 3 is 2.16 bits per heavy atom. The van der Waals surface area contributed by atoms with Crippen LogP contribution in [0.5, 0.6) is 0 Å². The molecule has 0 radical (unpaired) electrons. The van der Waals surface area contributed by atoms with Crippen LogP contribution in [0.25, 0.3) is 0 Å². The van der Waals surface area contributed by atoms with Crippen LogP contribution in [-0.2, 0) is 9.59 Å². The number of aliphatic hydroxyl groups excluding tert-OH is 2. The SMILES string of the molecule is CC(C)C(C)[C@@H](O)[C@H](O)[C@@H](C)[C@H]1CC[C@H]2[C@@H]3CC(=O)[C@H]4CC(=O)CC[C@]4(C)[C@H]3CC[C@]12C. The van der Waals surface area contributed by atoms with Gasteiger partial charge in [0.05, 0.1) is 12.2 Å². The van der Waals surface area contributed by atoms with Crippen LogP contribution in [0.15, 0.2) is 0 Å². The molecule has 11 atom stereocenters. The largest absolute Gasteiger partial charge is 0.390 e. The number of fused-ring (bicyclic) bond motifs is 5. The number of ketones is 2. The quantitative estimate of drug-likeness (QED) is 0.620. The van der Waals surface area contributed by atoms with E-state index in [1.807, 2.05) is 6.92 Å². The van der Waals surface area contributed by atoms with Gasteiger partial charge in [-0.25, -0.2) is 0 Å². The number of hydrogen-bond acceptors (Lipinski definition) is 4. The molecule has 1 unspecified atom stereocenters. The molecule has 0 aromatic rings. The highest BCUT2D eigenvalue weighted by Crippen LogP contribution is 2.67. The third-order valence-electron chi connectivity index (χ3n) is 11.5. The molecule has 32 heavy (non-hydrogen) atoms. The number of Topliss-reactive ketones (excluding diaryl/α,β-unsaturated/α-hetero) is 2. The maximum Gasteiger partial charge on any atom is 0.137 e. The van der Waals surface area contributed by atoms with Gasteiger partial charge in [-0.05, 0) is 84.4 Å². The van der Waals surface area contributed by atoms with Crippen LogP contribution in [0.4, 0.5) is 0 Å². The minimum Gasteiger partial charge on any atom is -0.390 e. The molecule has 0 heterocycles. The Hall–Kier alpha value is -0.740. The van der Waals surface area contributed by atoms with E-state index in [4.69, 9.17) is 0 Å². The number of carbonyl (C=O) groups excluding carboxylic acids is 2. The molecule has 4 heteroatoms. The van der Waals surface area contributed by atoms with Crippen LogP contribution >= 0.6 is 0 Å². The highest BCUT2D eigenvalue weighted by Gasteiger charge is 2.63. The fraction of sp³-hybridized carbons (Fsp3) is 0.929. The first-order chi connectivity index (χ1) is 14.9. The van der Waals surface area contributed by atoms with Crippen LogP contribution in [0, 0.1) is 58.2 Å². The van der Waals surface area contributed by atoms with Crippen molar-refractivity contribution in [2.75, 3.05) is 0 Å². The fourth-order valence-corrected chi connectivity index (χ4v) is 9.00. The van der Waals surface area contributed by atoms with E-state index >= 15 is 0 Å². The number of aliphatic hydroxyl groups is 2. The molecule has 4 saturated carbocycles. The van der Waals surface area contributed by atoms with Crippen LogP contribution in [0.1, 0.15) is 92.9 Å². The summed E-state index contributed by atoms with van der Waals surface area (Å²) < 4.78 is 0. The third kappa shape index (κ3) is 3.63. The van der Waals surface area contributed by atoms with Crippen LogP contribution in [-0.4, -0.2) is 34.0 Å². The van der Waals surface area contributed by atoms with Crippen molar-refractivity contribution in [1.82, 2.24) is 0 Å². The van der Waals surface area contributed by atoms with E-state index in [1.54, 1.807) is 0 Å². The minimum absolute atomic E-state index is 0.0126. The maximum absolute atomic E-state index is 13.3. The summed E-state index contributed by atoms with van der Waals surface area (Å²) in [5.41, 5.74) is 0.109. The second-order valence-electron chi connectivity index (χ2n) is 13.0. The molecule has 0 saturated heterocycles. The number of rotatable bonds is 5. The van der Waals surface area contributed by atoms with E-state index in [1.165, 1.54) is 0 Å². The van der Waals surface area contributed by atoms with Gasteiger partial charge in [-0.1, -0.05) is 41.5 Å². The summed E-state index contributed by atoms with van der Waals surface area (Å²) in [6.07, 6.45) is 5.73. The van der Waals surface area contributed by atoms with E-state index in [9.17, 15) is 19.8 Å². The predicted octanol–water partition coefficient (Wildman–Crippen LogP) is 5.04. The van der Waals surface area contributed by atoms with Crippen molar-refractivity contribution in [1.29, 1.82) is 0 Å². The lowest BCUT2D eigenvalue weighted by Crippen LogP contribution is -2.57. The average molecular weight is 447 g/mol. The monoisotopic (exact) mass is 446 g/mol. The molecule has 0 spiro atoms. The van der Waals surface area contributed by atoms with Crippen LogP contribution in [0.3, 0.4) is 0 Å². The molecule has 0 bridgehead atoms. The Balaban J connectivity index is 1.55. The Labute approximate surface area is 194 Å². The average Bonchev–Trinajstić information content (AvgIpc) is 3.10. The Morgan fingerprint density at radius 1 is 0.844 bits per heavy atom. The Bertz CT molecular complexity index is 746. The highest BCUT2D eigenvalue weighted by molar-refractivity contribution is 5.90. The second kappa shape index (κ2) is 8.48. The Kier molecular flexibility index (Phi) is 6.47. The molecule has 4 aliphatic carbocycles. The lowest BCUT2D eigenvalue weighted by atomic mass is 9.44. The van der Waals surface area contributed by atoms with Crippen molar-refractivity contribution in [3.8, 4) is 0 Å². The van der Waals surface area contributed by atoms with Gasteiger partial charge in [-0.15, -0.1) is 0 Å². The fourth-order valence-electron chi connectivity index (χ4n) is 9.00. The molecule has 0 aliphatic heterocycles. The van der Waals surface area contributed by atoms with Gasteiger partial charge in [0.1, 0.15) is 11.6 Å². The predicted molar refractivity (Wildman–Crippen MR) is 126 cm³/mol. The van der Waals surface area contributed by atoms with Gasteiger partial charge >= 0.3 is 0 Å². The summed E-state index contributed by atoms with van der Waals surface area (Å²) in [6.45, 7) is 13.1. The molecular formula is C28H46O4. The van der Waals surface area contributed by atoms with E-state index in [2.05, 4.69) is 34.6 Å². The standard InChI is InChI=1S/C28H46O4/c1-15(2)16(3)25(31)26(32)17(4)20-7-8-21-19-14-24(30)23-13-18(29)9-11-28(23,6)22(19)10-12-27(20,21)5/h15-17,19-23,25-26,31-32H,7-14H2,1-6H3/t16?,17-,19-,20+,21-,22-,23+,25+,26+,27+,28+/m0/s1. The summed E-state index contributed by atoms with van der Waals surface area (Å²) in [7, 11) is 0. The molecule has 2 N–H and O–H groups in total.